The maximum absolute atomic E-state index is 12.7. The van der Waals surface area contributed by atoms with E-state index in [-0.39, 0.29) is 5.91 Å². The van der Waals surface area contributed by atoms with E-state index in [2.05, 4.69) is 35.1 Å². The third-order valence-corrected chi connectivity index (χ3v) is 4.52. The lowest BCUT2D eigenvalue weighted by atomic mass is 10.2. The standard InChI is InChI=1S/C19H24N4O/c1-3-22-8-10-23(11-9-22)19(24)16-12-17(14-20-13-16)21-18-7-5-4-6-15(18)2/h4-7,12-14,21H,3,8-11H2,1-2H3. The number of likely N-dealkylation sites (N-methyl/N-ethyl adjacent to an activating group) is 1. The number of hydrogen-bond donors (Lipinski definition) is 1. The highest BCUT2D eigenvalue weighted by Crippen LogP contribution is 2.20. The van der Waals surface area contributed by atoms with E-state index in [0.29, 0.717) is 5.56 Å². The van der Waals surface area contributed by atoms with Gasteiger partial charge in [0.2, 0.25) is 0 Å². The second-order valence-corrected chi connectivity index (χ2v) is 6.13. The van der Waals surface area contributed by atoms with E-state index >= 15 is 0 Å². The number of benzene rings is 1. The normalized spacial score (nSPS) is 15.3. The van der Waals surface area contributed by atoms with Crippen LogP contribution in [0.4, 0.5) is 11.4 Å². The Balaban J connectivity index is 1.71. The smallest absolute Gasteiger partial charge is 0.255 e. The number of nitrogens with zero attached hydrogens (tertiary/aromatic N) is 3. The molecular formula is C19H24N4O. The fourth-order valence-electron chi connectivity index (χ4n) is 2.94. The van der Waals surface area contributed by atoms with Gasteiger partial charge in [0, 0.05) is 38.1 Å². The Morgan fingerprint density at radius 3 is 2.62 bits per heavy atom. The number of anilines is 2. The first kappa shape index (κ1) is 16.5. The molecule has 3 rings (SSSR count). The molecule has 1 aliphatic rings. The number of pyridine rings is 1. The van der Waals surface area contributed by atoms with Crippen LogP contribution < -0.4 is 5.32 Å². The number of piperazine rings is 1. The summed E-state index contributed by atoms with van der Waals surface area (Å²) in [7, 11) is 0. The number of hydrogen-bond acceptors (Lipinski definition) is 4. The molecule has 0 bridgehead atoms. The quantitative estimate of drug-likeness (QED) is 0.939. The van der Waals surface area contributed by atoms with Crippen LogP contribution in [-0.2, 0) is 0 Å². The summed E-state index contributed by atoms with van der Waals surface area (Å²) in [6.45, 7) is 8.69. The Labute approximate surface area is 143 Å². The first-order valence-corrected chi connectivity index (χ1v) is 8.46. The summed E-state index contributed by atoms with van der Waals surface area (Å²) in [4.78, 5) is 21.2. The average molecular weight is 324 g/mol. The Bertz CT molecular complexity index is 708. The van der Waals surface area contributed by atoms with E-state index in [1.807, 2.05) is 29.2 Å². The van der Waals surface area contributed by atoms with Gasteiger partial charge in [-0.25, -0.2) is 0 Å². The van der Waals surface area contributed by atoms with E-state index in [1.165, 1.54) is 0 Å². The summed E-state index contributed by atoms with van der Waals surface area (Å²) in [5.41, 5.74) is 3.66. The van der Waals surface area contributed by atoms with Crippen molar-refractivity contribution < 1.29 is 4.79 Å². The van der Waals surface area contributed by atoms with Gasteiger partial charge in [-0.05, 0) is 31.2 Å². The SMILES string of the molecule is CCN1CCN(C(=O)c2cncc(Nc3ccccc3C)c2)CC1. The highest BCUT2D eigenvalue weighted by atomic mass is 16.2. The molecule has 1 saturated heterocycles. The molecule has 2 aromatic rings. The number of rotatable bonds is 4. The van der Waals surface area contributed by atoms with Gasteiger partial charge < -0.3 is 15.1 Å². The number of para-hydroxylation sites is 1. The van der Waals surface area contributed by atoms with Crippen LogP contribution in [0.2, 0.25) is 0 Å². The van der Waals surface area contributed by atoms with Gasteiger partial charge in [0.1, 0.15) is 0 Å². The molecule has 0 atom stereocenters. The maximum atomic E-state index is 12.7. The van der Waals surface area contributed by atoms with E-state index < -0.39 is 0 Å². The zero-order valence-electron chi connectivity index (χ0n) is 14.3. The van der Waals surface area contributed by atoms with Gasteiger partial charge in [-0.1, -0.05) is 25.1 Å². The lowest BCUT2D eigenvalue weighted by Crippen LogP contribution is -2.48. The Hall–Kier alpha value is -2.40. The predicted octanol–water partition coefficient (Wildman–Crippen LogP) is 2.91. The van der Waals surface area contributed by atoms with Crippen molar-refractivity contribution >= 4 is 17.3 Å². The molecule has 5 heteroatoms. The fraction of sp³-hybridized carbons (Fsp3) is 0.368. The molecule has 1 aromatic carbocycles. The monoisotopic (exact) mass is 324 g/mol. The van der Waals surface area contributed by atoms with Gasteiger partial charge in [-0.2, -0.15) is 0 Å². The van der Waals surface area contributed by atoms with Crippen molar-refractivity contribution in [2.75, 3.05) is 38.0 Å². The van der Waals surface area contributed by atoms with E-state index in [0.717, 1.165) is 49.7 Å². The second kappa shape index (κ2) is 7.45. The maximum Gasteiger partial charge on any atom is 0.255 e. The number of carbonyl (C=O) groups excluding carboxylic acids is 1. The van der Waals surface area contributed by atoms with Crippen LogP contribution in [0, 0.1) is 6.92 Å². The lowest BCUT2D eigenvalue weighted by molar-refractivity contribution is 0.0643. The minimum atomic E-state index is 0.0617. The van der Waals surface area contributed by atoms with E-state index in [4.69, 9.17) is 0 Å². The zero-order chi connectivity index (χ0) is 16.9. The summed E-state index contributed by atoms with van der Waals surface area (Å²) in [5, 5.41) is 3.35. The van der Waals surface area contributed by atoms with Gasteiger partial charge in [0.05, 0.1) is 17.4 Å². The van der Waals surface area contributed by atoms with Crippen LogP contribution >= 0.6 is 0 Å². The second-order valence-electron chi connectivity index (χ2n) is 6.13. The number of nitrogens with one attached hydrogen (secondary N) is 1. The van der Waals surface area contributed by atoms with Crippen molar-refractivity contribution in [2.24, 2.45) is 0 Å². The predicted molar refractivity (Wildman–Crippen MR) is 96.7 cm³/mol. The molecule has 0 saturated carbocycles. The molecule has 0 unspecified atom stereocenters. The van der Waals surface area contributed by atoms with Crippen LogP contribution in [0.3, 0.4) is 0 Å². The number of aromatic nitrogens is 1. The molecule has 0 aliphatic carbocycles. The van der Waals surface area contributed by atoms with Gasteiger partial charge in [0.25, 0.3) is 5.91 Å². The van der Waals surface area contributed by atoms with Crippen molar-refractivity contribution in [3.8, 4) is 0 Å². The van der Waals surface area contributed by atoms with Crippen LogP contribution in [-0.4, -0.2) is 53.4 Å². The molecule has 2 heterocycles. The fourth-order valence-corrected chi connectivity index (χ4v) is 2.94. The van der Waals surface area contributed by atoms with Gasteiger partial charge in [-0.15, -0.1) is 0 Å². The largest absolute Gasteiger partial charge is 0.354 e. The Kier molecular flexibility index (Phi) is 5.11. The highest BCUT2D eigenvalue weighted by molar-refractivity contribution is 5.95. The Morgan fingerprint density at radius 2 is 1.92 bits per heavy atom. The van der Waals surface area contributed by atoms with Crippen molar-refractivity contribution in [3.63, 3.8) is 0 Å². The minimum absolute atomic E-state index is 0.0617. The van der Waals surface area contributed by atoms with Crippen molar-refractivity contribution in [1.82, 2.24) is 14.8 Å². The highest BCUT2D eigenvalue weighted by Gasteiger charge is 2.21. The minimum Gasteiger partial charge on any atom is -0.354 e. The van der Waals surface area contributed by atoms with E-state index in [9.17, 15) is 4.79 Å². The average Bonchev–Trinajstić information content (AvgIpc) is 2.63. The zero-order valence-corrected chi connectivity index (χ0v) is 14.3. The number of amides is 1. The first-order valence-electron chi connectivity index (χ1n) is 8.46. The van der Waals surface area contributed by atoms with Crippen molar-refractivity contribution in [2.45, 2.75) is 13.8 Å². The van der Waals surface area contributed by atoms with Gasteiger partial charge >= 0.3 is 0 Å². The molecule has 5 nitrogen and oxygen atoms in total. The van der Waals surface area contributed by atoms with E-state index in [1.54, 1.807) is 12.4 Å². The van der Waals surface area contributed by atoms with Crippen LogP contribution in [0.25, 0.3) is 0 Å². The van der Waals surface area contributed by atoms with Gasteiger partial charge in [0.15, 0.2) is 0 Å². The topological polar surface area (TPSA) is 48.5 Å². The molecule has 1 aliphatic heterocycles. The summed E-state index contributed by atoms with van der Waals surface area (Å²) in [6, 6.07) is 9.96. The third-order valence-electron chi connectivity index (χ3n) is 4.52. The lowest BCUT2D eigenvalue weighted by Gasteiger charge is -2.34. The summed E-state index contributed by atoms with van der Waals surface area (Å²) >= 11 is 0. The molecule has 1 aromatic heterocycles. The van der Waals surface area contributed by atoms with Crippen LogP contribution in [0.15, 0.2) is 42.7 Å². The summed E-state index contributed by atoms with van der Waals surface area (Å²) in [6.07, 6.45) is 3.40. The molecule has 1 amide bonds. The molecule has 126 valence electrons. The van der Waals surface area contributed by atoms with Gasteiger partial charge in [-0.3, -0.25) is 9.78 Å². The molecule has 0 spiro atoms. The Morgan fingerprint density at radius 1 is 1.17 bits per heavy atom. The summed E-state index contributed by atoms with van der Waals surface area (Å²) in [5.74, 6) is 0.0617. The molecular weight excluding hydrogens is 300 g/mol. The number of aryl methyl sites for hydroxylation is 1. The summed E-state index contributed by atoms with van der Waals surface area (Å²) < 4.78 is 0. The molecule has 1 N–H and O–H groups in total. The molecule has 1 fully saturated rings. The number of carbonyl (C=O) groups is 1. The molecule has 0 radical (unpaired) electrons. The third kappa shape index (κ3) is 3.74. The van der Waals surface area contributed by atoms with Crippen LogP contribution in [0.1, 0.15) is 22.8 Å². The first-order chi connectivity index (χ1) is 11.7. The van der Waals surface area contributed by atoms with Crippen molar-refractivity contribution in [1.29, 1.82) is 0 Å². The van der Waals surface area contributed by atoms with Crippen molar-refractivity contribution in [3.05, 3.63) is 53.9 Å². The molecule has 24 heavy (non-hydrogen) atoms. The van der Waals surface area contributed by atoms with Crippen LogP contribution in [0.5, 0.6) is 0 Å².